The molecule has 2 rings (SSSR count). The second-order valence-corrected chi connectivity index (χ2v) is 4.99. The molecule has 0 radical (unpaired) electrons. The molecule has 1 aliphatic heterocycles. The third kappa shape index (κ3) is 2.71. The van der Waals surface area contributed by atoms with Crippen molar-refractivity contribution in [2.45, 2.75) is 57.5 Å². The molecule has 1 heterocycles. The molecule has 2 fully saturated rings. The minimum atomic E-state index is 0.0776. The maximum absolute atomic E-state index is 11.8. The summed E-state index contributed by atoms with van der Waals surface area (Å²) in [5.41, 5.74) is 0. The molecule has 1 amide bonds. The number of nitrogens with one attached hydrogen (secondary N) is 2. The van der Waals surface area contributed by atoms with E-state index in [1.54, 1.807) is 0 Å². The Morgan fingerprint density at radius 3 is 2.60 bits per heavy atom. The second kappa shape index (κ2) is 4.97. The molecular weight excluding hydrogens is 188 g/mol. The average Bonchev–Trinajstić information content (AvgIpc) is 2.91. The number of rotatable bonds is 3. The third-order valence-corrected chi connectivity index (χ3v) is 3.85. The smallest absolute Gasteiger partial charge is 0.237 e. The van der Waals surface area contributed by atoms with E-state index < -0.39 is 0 Å². The van der Waals surface area contributed by atoms with Gasteiger partial charge in [0.1, 0.15) is 0 Å². The van der Waals surface area contributed by atoms with Crippen LogP contribution in [0.2, 0.25) is 0 Å². The average molecular weight is 210 g/mol. The monoisotopic (exact) mass is 210 g/mol. The van der Waals surface area contributed by atoms with E-state index in [4.69, 9.17) is 0 Å². The summed E-state index contributed by atoms with van der Waals surface area (Å²) < 4.78 is 0. The van der Waals surface area contributed by atoms with E-state index in [9.17, 15) is 4.79 Å². The quantitative estimate of drug-likeness (QED) is 0.740. The van der Waals surface area contributed by atoms with Crippen molar-refractivity contribution in [1.29, 1.82) is 0 Å². The Labute approximate surface area is 92.0 Å². The predicted octanol–water partition coefficient (Wildman–Crippen LogP) is 1.43. The first-order valence-electron chi connectivity index (χ1n) is 6.31. The highest BCUT2D eigenvalue weighted by Gasteiger charge is 2.27. The number of carbonyl (C=O) groups is 1. The lowest BCUT2D eigenvalue weighted by molar-refractivity contribution is -0.123. The lowest BCUT2D eigenvalue weighted by Crippen LogP contribution is -2.46. The summed E-state index contributed by atoms with van der Waals surface area (Å²) in [6, 6.07) is 0.441. The van der Waals surface area contributed by atoms with Gasteiger partial charge in [-0.1, -0.05) is 12.8 Å². The van der Waals surface area contributed by atoms with Crippen LogP contribution in [0.15, 0.2) is 0 Å². The Morgan fingerprint density at radius 2 is 2.00 bits per heavy atom. The summed E-state index contributed by atoms with van der Waals surface area (Å²) in [5, 5.41) is 6.40. The van der Waals surface area contributed by atoms with Gasteiger partial charge in [-0.2, -0.15) is 0 Å². The molecule has 15 heavy (non-hydrogen) atoms. The van der Waals surface area contributed by atoms with Gasteiger partial charge in [-0.05, 0) is 45.1 Å². The molecule has 0 aromatic rings. The minimum Gasteiger partial charge on any atom is -0.352 e. The molecular formula is C12H22N2O. The van der Waals surface area contributed by atoms with Crippen LogP contribution >= 0.6 is 0 Å². The maximum atomic E-state index is 11.8. The molecule has 2 N–H and O–H groups in total. The Bertz CT molecular complexity index is 218. The molecule has 0 aromatic carbocycles. The molecule has 3 heteroatoms. The molecule has 0 bridgehead atoms. The third-order valence-electron chi connectivity index (χ3n) is 3.85. The first-order valence-corrected chi connectivity index (χ1v) is 6.31. The van der Waals surface area contributed by atoms with Gasteiger partial charge in [0.05, 0.1) is 6.04 Å². The molecule has 3 nitrogen and oxygen atoms in total. The van der Waals surface area contributed by atoms with Crippen LogP contribution < -0.4 is 10.6 Å². The fourth-order valence-electron chi connectivity index (χ4n) is 2.81. The van der Waals surface area contributed by atoms with Crippen LogP contribution in [0.1, 0.15) is 45.4 Å². The molecule has 2 atom stereocenters. The Balaban J connectivity index is 1.77. The van der Waals surface area contributed by atoms with Gasteiger partial charge in [0, 0.05) is 6.04 Å². The molecule has 86 valence electrons. The highest BCUT2D eigenvalue weighted by atomic mass is 16.2. The normalized spacial score (nSPS) is 29.3. The molecule has 2 unspecified atom stereocenters. The van der Waals surface area contributed by atoms with E-state index in [1.165, 1.54) is 25.7 Å². The van der Waals surface area contributed by atoms with Gasteiger partial charge in [-0.3, -0.25) is 4.79 Å². The SMILES string of the molecule is CC(NC(=O)C1CCCN1)C1CCCC1. The zero-order valence-electron chi connectivity index (χ0n) is 9.59. The van der Waals surface area contributed by atoms with Gasteiger partial charge in [-0.15, -0.1) is 0 Å². The Morgan fingerprint density at radius 1 is 1.27 bits per heavy atom. The van der Waals surface area contributed by atoms with Crippen molar-refractivity contribution in [3.05, 3.63) is 0 Å². The largest absolute Gasteiger partial charge is 0.352 e. The summed E-state index contributed by atoms with van der Waals surface area (Å²) in [4.78, 5) is 11.8. The summed E-state index contributed by atoms with van der Waals surface area (Å²) in [6.45, 7) is 3.15. The van der Waals surface area contributed by atoms with E-state index in [-0.39, 0.29) is 11.9 Å². The van der Waals surface area contributed by atoms with Crippen molar-refractivity contribution in [2.75, 3.05) is 6.54 Å². The summed E-state index contributed by atoms with van der Waals surface area (Å²) in [6.07, 6.45) is 7.40. The topological polar surface area (TPSA) is 41.1 Å². The van der Waals surface area contributed by atoms with E-state index >= 15 is 0 Å². The molecule has 1 saturated heterocycles. The highest BCUT2D eigenvalue weighted by Crippen LogP contribution is 2.27. The fraction of sp³-hybridized carbons (Fsp3) is 0.917. The van der Waals surface area contributed by atoms with Crippen molar-refractivity contribution >= 4 is 5.91 Å². The molecule has 2 aliphatic rings. The van der Waals surface area contributed by atoms with Crippen molar-refractivity contribution < 1.29 is 4.79 Å². The first kappa shape index (κ1) is 10.9. The van der Waals surface area contributed by atoms with Crippen molar-refractivity contribution in [3.8, 4) is 0 Å². The van der Waals surface area contributed by atoms with Gasteiger partial charge in [0.25, 0.3) is 0 Å². The first-order chi connectivity index (χ1) is 7.27. The minimum absolute atomic E-state index is 0.0776. The molecule has 0 spiro atoms. The lowest BCUT2D eigenvalue weighted by atomic mass is 9.99. The molecule has 1 aliphatic carbocycles. The van der Waals surface area contributed by atoms with Gasteiger partial charge in [-0.25, -0.2) is 0 Å². The van der Waals surface area contributed by atoms with Crippen LogP contribution in [-0.4, -0.2) is 24.5 Å². The molecule has 1 saturated carbocycles. The van der Waals surface area contributed by atoms with Gasteiger partial charge in [0.15, 0.2) is 0 Å². The fourth-order valence-corrected chi connectivity index (χ4v) is 2.81. The van der Waals surface area contributed by atoms with Crippen molar-refractivity contribution in [1.82, 2.24) is 10.6 Å². The van der Waals surface area contributed by atoms with Crippen LogP contribution in [-0.2, 0) is 4.79 Å². The summed E-state index contributed by atoms with van der Waals surface area (Å²) >= 11 is 0. The zero-order chi connectivity index (χ0) is 10.7. The number of hydrogen-bond acceptors (Lipinski definition) is 2. The van der Waals surface area contributed by atoms with Gasteiger partial charge in [0.2, 0.25) is 5.91 Å². The number of hydrogen-bond donors (Lipinski definition) is 2. The van der Waals surface area contributed by atoms with Crippen LogP contribution in [0.4, 0.5) is 0 Å². The standard InChI is InChI=1S/C12H22N2O/c1-9(10-5-2-3-6-10)14-12(15)11-7-4-8-13-11/h9-11,13H,2-8H2,1H3,(H,14,15). The predicted molar refractivity (Wildman–Crippen MR) is 60.6 cm³/mol. The van der Waals surface area contributed by atoms with Crippen LogP contribution in [0, 0.1) is 5.92 Å². The van der Waals surface area contributed by atoms with Crippen LogP contribution in [0.3, 0.4) is 0 Å². The number of amides is 1. The van der Waals surface area contributed by atoms with Crippen LogP contribution in [0.25, 0.3) is 0 Å². The summed E-state index contributed by atoms with van der Waals surface area (Å²) in [7, 11) is 0. The van der Waals surface area contributed by atoms with E-state index in [0.717, 1.165) is 25.3 Å². The molecule has 0 aromatic heterocycles. The Kier molecular flexibility index (Phi) is 3.62. The van der Waals surface area contributed by atoms with E-state index in [2.05, 4.69) is 17.6 Å². The second-order valence-electron chi connectivity index (χ2n) is 4.99. The number of carbonyl (C=O) groups excluding carboxylic acids is 1. The summed E-state index contributed by atoms with van der Waals surface area (Å²) in [5.74, 6) is 0.933. The lowest BCUT2D eigenvalue weighted by Gasteiger charge is -2.22. The van der Waals surface area contributed by atoms with Crippen molar-refractivity contribution in [2.24, 2.45) is 5.92 Å². The van der Waals surface area contributed by atoms with Crippen LogP contribution in [0.5, 0.6) is 0 Å². The highest BCUT2D eigenvalue weighted by molar-refractivity contribution is 5.82. The van der Waals surface area contributed by atoms with Gasteiger partial charge < -0.3 is 10.6 Å². The zero-order valence-corrected chi connectivity index (χ0v) is 9.59. The van der Waals surface area contributed by atoms with Gasteiger partial charge >= 0.3 is 0 Å². The van der Waals surface area contributed by atoms with E-state index in [0.29, 0.717) is 6.04 Å². The van der Waals surface area contributed by atoms with Crippen molar-refractivity contribution in [3.63, 3.8) is 0 Å². The Hall–Kier alpha value is -0.570. The maximum Gasteiger partial charge on any atom is 0.237 e. The van der Waals surface area contributed by atoms with E-state index in [1.807, 2.05) is 0 Å².